The van der Waals surface area contributed by atoms with Gasteiger partial charge in [-0.1, -0.05) is 18.2 Å². The fourth-order valence-electron chi connectivity index (χ4n) is 4.51. The summed E-state index contributed by atoms with van der Waals surface area (Å²) in [5.41, 5.74) is 5.68. The molecule has 0 spiro atoms. The molecule has 0 radical (unpaired) electrons. The van der Waals surface area contributed by atoms with Crippen LogP contribution in [0, 0.1) is 7.14 Å². The quantitative estimate of drug-likeness (QED) is 0.0503. The summed E-state index contributed by atoms with van der Waals surface area (Å²) in [5.74, 6) is -0.161. The van der Waals surface area contributed by atoms with Crippen molar-refractivity contribution in [3.05, 3.63) is 95.3 Å². The summed E-state index contributed by atoms with van der Waals surface area (Å²) in [4.78, 5) is 35.7. The van der Waals surface area contributed by atoms with Crippen LogP contribution in [0.15, 0.2) is 71.0 Å². The van der Waals surface area contributed by atoms with Crippen LogP contribution in [0.25, 0.3) is 0 Å². The molecule has 47 heavy (non-hydrogen) atoms. The fraction of sp³-hybridized carbons (Fsp3) is 0.250. The van der Waals surface area contributed by atoms with E-state index >= 15 is 0 Å². The van der Waals surface area contributed by atoms with Gasteiger partial charge in [0.2, 0.25) is 0 Å². The lowest BCUT2D eigenvalue weighted by atomic mass is 9.95. The van der Waals surface area contributed by atoms with Crippen LogP contribution in [0.5, 0.6) is 17.2 Å². The highest BCUT2D eigenvalue weighted by Crippen LogP contribution is 2.35. The topological polar surface area (TPSA) is 177 Å². The summed E-state index contributed by atoms with van der Waals surface area (Å²) < 4.78 is 24.2. The van der Waals surface area contributed by atoms with Crippen LogP contribution in [0.4, 0.5) is 4.79 Å². The molecule has 0 saturated heterocycles. The van der Waals surface area contributed by atoms with Crippen molar-refractivity contribution in [2.24, 2.45) is 5.10 Å². The monoisotopic (exact) mass is 870 g/mol. The molecule has 0 aromatic heterocycles. The molecule has 2 amide bonds. The highest BCUT2D eigenvalue weighted by molar-refractivity contribution is 14.1. The first-order valence-electron chi connectivity index (χ1n) is 14.2. The fourth-order valence-corrected chi connectivity index (χ4v) is 6.64. The van der Waals surface area contributed by atoms with Gasteiger partial charge in [-0.05, 0) is 112 Å². The number of carboxylic acids is 1. The Balaban J connectivity index is 1.36. The Hall–Kier alpha value is -4.10. The van der Waals surface area contributed by atoms with E-state index in [0.717, 1.165) is 18.3 Å². The summed E-state index contributed by atoms with van der Waals surface area (Å²) >= 11 is 4.34. The number of nitrogens with one attached hydrogen (secondary N) is 3. The Morgan fingerprint density at radius 1 is 1.04 bits per heavy atom. The summed E-state index contributed by atoms with van der Waals surface area (Å²) in [6.45, 7) is 3.86. The predicted octanol–water partition coefficient (Wildman–Crippen LogP) is 4.69. The number of carbonyl (C=O) groups excluding carboxylic acids is 2. The maximum absolute atomic E-state index is 12.5. The number of aliphatic hydroxyl groups is 1. The van der Waals surface area contributed by atoms with E-state index < -0.39 is 30.2 Å². The highest BCUT2D eigenvalue weighted by Gasteiger charge is 2.32. The number of hydrogen-bond acceptors (Lipinski definition) is 10. The number of aliphatic hydroxyl groups excluding tert-OH is 1. The number of halogens is 2. The van der Waals surface area contributed by atoms with Crippen LogP contribution in [0.3, 0.4) is 0 Å². The standard InChI is InChI=1S/C32H32I2N4O9/c1-4-45-25-13-21(28-27(31(42)44-3)17(2)36-32(43)37-28)9-10-24(25)46-16-26(39)38-35-14-19-11-22(33)29(23(34)12-19)47-15-18-5-7-20(8-6-18)30(40)41/h5-14,26,28,38-39H,4,15-16H2,1-3H3,(H,40,41)(H2,36,37,43)/b35-14-/t26-,28-/m0/s1. The molecule has 1 aliphatic rings. The number of methoxy groups -OCH3 is 1. The van der Waals surface area contributed by atoms with Crippen molar-refractivity contribution in [2.75, 3.05) is 20.3 Å². The van der Waals surface area contributed by atoms with Crippen LogP contribution in [-0.4, -0.2) is 60.9 Å². The minimum atomic E-state index is -1.16. The van der Waals surface area contributed by atoms with Gasteiger partial charge in [0.1, 0.15) is 19.0 Å². The first-order valence-corrected chi connectivity index (χ1v) is 16.3. The lowest BCUT2D eigenvalue weighted by Crippen LogP contribution is -2.45. The molecule has 1 aliphatic heterocycles. The molecule has 0 aliphatic carbocycles. The van der Waals surface area contributed by atoms with E-state index in [-0.39, 0.29) is 24.4 Å². The van der Waals surface area contributed by atoms with Gasteiger partial charge in [0, 0.05) is 5.70 Å². The molecule has 248 valence electrons. The Morgan fingerprint density at radius 2 is 1.74 bits per heavy atom. The number of carbonyl (C=O) groups is 3. The molecule has 15 heteroatoms. The molecule has 0 fully saturated rings. The third-order valence-electron chi connectivity index (χ3n) is 6.71. The molecule has 13 nitrogen and oxygen atoms in total. The molecule has 0 bridgehead atoms. The van der Waals surface area contributed by atoms with Crippen molar-refractivity contribution in [2.45, 2.75) is 32.7 Å². The zero-order valence-corrected chi connectivity index (χ0v) is 29.8. The molecule has 0 saturated carbocycles. The number of amides is 2. The number of aromatic carboxylic acids is 1. The predicted molar refractivity (Wildman–Crippen MR) is 189 cm³/mol. The van der Waals surface area contributed by atoms with Gasteiger partial charge in [0.15, 0.2) is 17.7 Å². The van der Waals surface area contributed by atoms with E-state index in [2.05, 4.69) is 66.3 Å². The van der Waals surface area contributed by atoms with Crippen LogP contribution in [0.2, 0.25) is 0 Å². The molecular formula is C32H32I2N4O9. The Morgan fingerprint density at radius 3 is 2.38 bits per heavy atom. The minimum absolute atomic E-state index is 0.164. The number of carboxylic acid groups (broad SMARTS) is 1. The number of nitrogens with zero attached hydrogens (tertiary/aromatic N) is 1. The van der Waals surface area contributed by atoms with Gasteiger partial charge in [0.05, 0.1) is 44.3 Å². The average molecular weight is 870 g/mol. The summed E-state index contributed by atoms with van der Waals surface area (Å²) in [6.07, 6.45) is 0.401. The van der Waals surface area contributed by atoms with Crippen LogP contribution >= 0.6 is 45.2 Å². The van der Waals surface area contributed by atoms with Gasteiger partial charge >= 0.3 is 18.0 Å². The number of urea groups is 1. The van der Waals surface area contributed by atoms with Crippen molar-refractivity contribution < 1.29 is 43.5 Å². The Bertz CT molecular complexity index is 1670. The van der Waals surface area contributed by atoms with Crippen molar-refractivity contribution in [3.63, 3.8) is 0 Å². The van der Waals surface area contributed by atoms with E-state index in [9.17, 15) is 19.5 Å². The smallest absolute Gasteiger partial charge is 0.337 e. The number of hydrazone groups is 1. The second kappa shape index (κ2) is 16.6. The van der Waals surface area contributed by atoms with E-state index in [4.69, 9.17) is 24.1 Å². The molecule has 1 heterocycles. The maximum Gasteiger partial charge on any atom is 0.337 e. The van der Waals surface area contributed by atoms with E-state index in [0.29, 0.717) is 35.1 Å². The number of esters is 1. The average Bonchev–Trinajstić information content (AvgIpc) is 3.03. The van der Waals surface area contributed by atoms with Gasteiger partial charge in [0.25, 0.3) is 0 Å². The third kappa shape index (κ3) is 9.48. The van der Waals surface area contributed by atoms with Crippen molar-refractivity contribution >= 4 is 69.4 Å². The van der Waals surface area contributed by atoms with E-state index in [1.807, 2.05) is 12.1 Å². The first kappa shape index (κ1) is 35.7. The largest absolute Gasteiger partial charge is 0.490 e. The minimum Gasteiger partial charge on any atom is -0.490 e. The molecule has 0 unspecified atom stereocenters. The summed E-state index contributed by atoms with van der Waals surface area (Å²) in [7, 11) is 1.27. The van der Waals surface area contributed by atoms with Crippen molar-refractivity contribution in [1.29, 1.82) is 0 Å². The van der Waals surface area contributed by atoms with Crippen molar-refractivity contribution in [1.82, 2.24) is 16.1 Å². The van der Waals surface area contributed by atoms with Gasteiger partial charge in [-0.15, -0.1) is 0 Å². The lowest BCUT2D eigenvalue weighted by Gasteiger charge is -2.28. The van der Waals surface area contributed by atoms with Crippen LogP contribution in [-0.2, 0) is 16.1 Å². The van der Waals surface area contributed by atoms with Gasteiger partial charge in [-0.3, -0.25) is 5.43 Å². The Kier molecular flexibility index (Phi) is 12.7. The third-order valence-corrected chi connectivity index (χ3v) is 8.32. The number of allylic oxidation sites excluding steroid dienone is 1. The lowest BCUT2D eigenvalue weighted by molar-refractivity contribution is -0.136. The zero-order chi connectivity index (χ0) is 34.1. The summed E-state index contributed by atoms with van der Waals surface area (Å²) in [5, 5.41) is 29.0. The van der Waals surface area contributed by atoms with Gasteiger partial charge in [-0.2, -0.15) is 5.10 Å². The number of benzene rings is 3. The molecule has 3 aromatic rings. The highest BCUT2D eigenvalue weighted by atomic mass is 127. The van der Waals surface area contributed by atoms with Gasteiger partial charge in [-0.25, -0.2) is 14.4 Å². The van der Waals surface area contributed by atoms with E-state index in [1.54, 1.807) is 50.4 Å². The van der Waals surface area contributed by atoms with Crippen LogP contribution in [0.1, 0.15) is 46.9 Å². The maximum atomic E-state index is 12.5. The second-order valence-electron chi connectivity index (χ2n) is 10.0. The molecule has 5 N–H and O–H groups in total. The molecule has 4 rings (SSSR count). The normalized spacial score (nSPS) is 15.0. The first-order chi connectivity index (χ1) is 22.5. The SMILES string of the molecule is CCOc1cc([C@@H]2NC(=O)NC(C)=C2C(=O)OC)ccc1OC[C@H](O)N/N=C\c1cc(I)c(OCc2ccc(C(=O)O)cc2)c(I)c1. The van der Waals surface area contributed by atoms with Gasteiger partial charge < -0.3 is 39.8 Å². The summed E-state index contributed by atoms with van der Waals surface area (Å²) in [6, 6.07) is 14.0. The van der Waals surface area contributed by atoms with Crippen molar-refractivity contribution in [3.8, 4) is 17.2 Å². The molecule has 3 aromatic carbocycles. The number of hydrogen-bond donors (Lipinski definition) is 5. The van der Waals surface area contributed by atoms with E-state index in [1.165, 1.54) is 19.2 Å². The molecule has 2 atom stereocenters. The second-order valence-corrected chi connectivity index (χ2v) is 12.3. The Labute approximate surface area is 298 Å². The zero-order valence-electron chi connectivity index (χ0n) is 25.5. The van der Waals surface area contributed by atoms with Crippen LogP contribution < -0.4 is 30.3 Å². The number of ether oxygens (including phenoxy) is 4. The number of rotatable bonds is 14. The molecular weight excluding hydrogens is 838 g/mol.